The zero-order chi connectivity index (χ0) is 14.2. The van der Waals surface area contributed by atoms with Crippen LogP contribution in [0.3, 0.4) is 0 Å². The molecule has 0 aromatic heterocycles. The number of Topliss-reactive ketones (excluding diaryl/α,β-unsaturated/α-hetero) is 1. The molecule has 0 bridgehead atoms. The highest BCUT2D eigenvalue weighted by molar-refractivity contribution is 5.80. The Hall–Kier alpha value is -1.89. The number of hydrogen-bond acceptors (Lipinski definition) is 1. The van der Waals surface area contributed by atoms with Gasteiger partial charge in [-0.05, 0) is 30.4 Å². The molecule has 2 aromatic rings. The molecular weight excluding hydrogens is 244 g/mol. The maximum absolute atomic E-state index is 12.1. The Kier molecular flexibility index (Phi) is 5.55. The van der Waals surface area contributed by atoms with Crippen molar-refractivity contribution in [2.24, 2.45) is 5.92 Å². The number of hydrogen-bond donors (Lipinski definition) is 0. The van der Waals surface area contributed by atoms with E-state index in [-0.39, 0.29) is 5.92 Å². The fourth-order valence-electron chi connectivity index (χ4n) is 2.44. The van der Waals surface area contributed by atoms with Crippen LogP contribution in [0.5, 0.6) is 0 Å². The highest BCUT2D eigenvalue weighted by atomic mass is 16.1. The van der Waals surface area contributed by atoms with Gasteiger partial charge in [0.25, 0.3) is 0 Å². The van der Waals surface area contributed by atoms with Crippen LogP contribution >= 0.6 is 0 Å². The van der Waals surface area contributed by atoms with Crippen LogP contribution in [0.25, 0.3) is 0 Å². The second-order valence-electron chi connectivity index (χ2n) is 5.40. The van der Waals surface area contributed by atoms with Gasteiger partial charge in [-0.25, -0.2) is 0 Å². The number of benzene rings is 2. The lowest BCUT2D eigenvalue weighted by Gasteiger charge is -2.10. The van der Waals surface area contributed by atoms with Crippen molar-refractivity contribution >= 4 is 5.78 Å². The third-order valence-electron chi connectivity index (χ3n) is 3.67. The van der Waals surface area contributed by atoms with E-state index in [1.54, 1.807) is 0 Å². The van der Waals surface area contributed by atoms with Crippen molar-refractivity contribution in [1.82, 2.24) is 0 Å². The van der Waals surface area contributed by atoms with Crippen molar-refractivity contribution < 1.29 is 4.79 Å². The molecule has 0 saturated heterocycles. The molecule has 0 fully saturated rings. The van der Waals surface area contributed by atoms with Gasteiger partial charge in [-0.3, -0.25) is 4.79 Å². The van der Waals surface area contributed by atoms with E-state index in [2.05, 4.69) is 36.4 Å². The van der Waals surface area contributed by atoms with Gasteiger partial charge in [0.1, 0.15) is 5.78 Å². The zero-order valence-corrected chi connectivity index (χ0v) is 12.1. The Morgan fingerprint density at radius 3 is 2.05 bits per heavy atom. The molecule has 0 aliphatic rings. The number of aryl methyl sites for hydroxylation is 1. The maximum atomic E-state index is 12.1. The Morgan fingerprint density at radius 2 is 1.45 bits per heavy atom. The molecule has 0 amide bonds. The van der Waals surface area contributed by atoms with Gasteiger partial charge in [0.15, 0.2) is 0 Å². The number of carbonyl (C=O) groups is 1. The molecule has 0 spiro atoms. The van der Waals surface area contributed by atoms with Gasteiger partial charge in [0.05, 0.1) is 0 Å². The van der Waals surface area contributed by atoms with Gasteiger partial charge in [-0.2, -0.15) is 0 Å². The van der Waals surface area contributed by atoms with E-state index in [4.69, 9.17) is 0 Å². The molecule has 0 heterocycles. The summed E-state index contributed by atoms with van der Waals surface area (Å²) >= 11 is 0. The molecule has 104 valence electrons. The number of ketones is 1. The van der Waals surface area contributed by atoms with E-state index < -0.39 is 0 Å². The van der Waals surface area contributed by atoms with Crippen LogP contribution in [-0.2, 0) is 17.6 Å². The first-order valence-corrected chi connectivity index (χ1v) is 7.36. The summed E-state index contributed by atoms with van der Waals surface area (Å²) in [7, 11) is 0. The monoisotopic (exact) mass is 266 g/mol. The molecule has 0 saturated carbocycles. The second kappa shape index (κ2) is 7.64. The van der Waals surface area contributed by atoms with Crippen LogP contribution in [0.15, 0.2) is 60.7 Å². The van der Waals surface area contributed by atoms with E-state index in [0.29, 0.717) is 12.2 Å². The Morgan fingerprint density at radius 1 is 0.900 bits per heavy atom. The van der Waals surface area contributed by atoms with E-state index in [9.17, 15) is 4.79 Å². The van der Waals surface area contributed by atoms with Gasteiger partial charge in [-0.1, -0.05) is 67.6 Å². The summed E-state index contributed by atoms with van der Waals surface area (Å²) in [6.07, 6.45) is 3.47. The number of carbonyl (C=O) groups excluding carboxylic acids is 1. The minimum Gasteiger partial charge on any atom is -0.299 e. The molecule has 1 atom stereocenters. The molecule has 0 N–H and O–H groups in total. The molecular formula is C19H22O. The average Bonchev–Trinajstić information content (AvgIpc) is 2.49. The minimum absolute atomic E-state index is 0.119. The highest BCUT2D eigenvalue weighted by Crippen LogP contribution is 2.13. The Labute approximate surface area is 121 Å². The molecule has 2 aromatic carbocycles. The zero-order valence-electron chi connectivity index (χ0n) is 12.1. The Balaban J connectivity index is 1.74. The third-order valence-corrected chi connectivity index (χ3v) is 3.67. The predicted octanol–water partition coefficient (Wildman–Crippen LogP) is 4.46. The molecule has 1 heteroatoms. The van der Waals surface area contributed by atoms with E-state index in [1.165, 1.54) is 11.1 Å². The first kappa shape index (κ1) is 14.5. The molecule has 0 aliphatic heterocycles. The minimum atomic E-state index is 0.119. The molecule has 1 unspecified atom stereocenters. The van der Waals surface area contributed by atoms with Gasteiger partial charge in [0, 0.05) is 12.3 Å². The van der Waals surface area contributed by atoms with Crippen molar-refractivity contribution in [3.8, 4) is 0 Å². The van der Waals surface area contributed by atoms with Crippen molar-refractivity contribution in [1.29, 1.82) is 0 Å². The maximum Gasteiger partial charge on any atom is 0.136 e. The lowest BCUT2D eigenvalue weighted by molar-refractivity contribution is -0.122. The average molecular weight is 266 g/mol. The van der Waals surface area contributed by atoms with Gasteiger partial charge >= 0.3 is 0 Å². The fraction of sp³-hybridized carbons (Fsp3) is 0.316. The van der Waals surface area contributed by atoms with Crippen molar-refractivity contribution in [3.05, 3.63) is 71.8 Å². The lowest BCUT2D eigenvalue weighted by Crippen LogP contribution is -2.13. The van der Waals surface area contributed by atoms with Crippen molar-refractivity contribution in [3.63, 3.8) is 0 Å². The molecule has 1 nitrogen and oxygen atoms in total. The molecule has 0 radical (unpaired) electrons. The normalized spacial score (nSPS) is 12.1. The molecule has 0 aliphatic carbocycles. The van der Waals surface area contributed by atoms with E-state index >= 15 is 0 Å². The third kappa shape index (κ3) is 4.65. The van der Waals surface area contributed by atoms with Crippen LogP contribution in [0.1, 0.15) is 30.9 Å². The quantitative estimate of drug-likeness (QED) is 0.723. The summed E-state index contributed by atoms with van der Waals surface area (Å²) in [4.78, 5) is 12.1. The summed E-state index contributed by atoms with van der Waals surface area (Å²) in [6, 6.07) is 20.6. The first-order valence-electron chi connectivity index (χ1n) is 7.36. The fourth-order valence-corrected chi connectivity index (χ4v) is 2.44. The topological polar surface area (TPSA) is 17.1 Å². The Bertz CT molecular complexity index is 516. The number of rotatable bonds is 7. The van der Waals surface area contributed by atoms with Crippen molar-refractivity contribution in [2.45, 2.75) is 32.6 Å². The molecule has 2 rings (SSSR count). The summed E-state index contributed by atoms with van der Waals surface area (Å²) in [6.45, 7) is 2.04. The molecule has 20 heavy (non-hydrogen) atoms. The standard InChI is InChI=1S/C19H22O/c1-16(15-18-11-6-3-7-12-18)19(20)14-8-13-17-9-4-2-5-10-17/h2-7,9-12,16H,8,13-15H2,1H3. The highest BCUT2D eigenvalue weighted by Gasteiger charge is 2.12. The van der Waals surface area contributed by atoms with Crippen LogP contribution in [0.4, 0.5) is 0 Å². The van der Waals surface area contributed by atoms with Crippen molar-refractivity contribution in [2.75, 3.05) is 0 Å². The largest absolute Gasteiger partial charge is 0.299 e. The smallest absolute Gasteiger partial charge is 0.136 e. The van der Waals surface area contributed by atoms with Gasteiger partial charge < -0.3 is 0 Å². The lowest BCUT2D eigenvalue weighted by atomic mass is 9.93. The summed E-state index contributed by atoms with van der Waals surface area (Å²) in [5, 5.41) is 0. The second-order valence-corrected chi connectivity index (χ2v) is 5.40. The van der Waals surface area contributed by atoms with Crippen LogP contribution in [-0.4, -0.2) is 5.78 Å². The SMILES string of the molecule is CC(Cc1ccccc1)C(=O)CCCc1ccccc1. The summed E-state index contributed by atoms with van der Waals surface area (Å²) < 4.78 is 0. The first-order chi connectivity index (χ1) is 9.75. The van der Waals surface area contributed by atoms with E-state index in [1.807, 2.05) is 31.2 Å². The summed E-state index contributed by atoms with van der Waals surface area (Å²) in [5.74, 6) is 0.498. The van der Waals surface area contributed by atoms with Crippen LogP contribution < -0.4 is 0 Å². The summed E-state index contributed by atoms with van der Waals surface area (Å²) in [5.41, 5.74) is 2.56. The predicted molar refractivity (Wildman–Crippen MR) is 83.7 cm³/mol. The van der Waals surface area contributed by atoms with Crippen LogP contribution in [0, 0.1) is 5.92 Å². The van der Waals surface area contributed by atoms with Crippen LogP contribution in [0.2, 0.25) is 0 Å². The van der Waals surface area contributed by atoms with Gasteiger partial charge in [-0.15, -0.1) is 0 Å². The van der Waals surface area contributed by atoms with Gasteiger partial charge in [0.2, 0.25) is 0 Å². The van der Waals surface area contributed by atoms with E-state index in [0.717, 1.165) is 19.3 Å².